The van der Waals surface area contributed by atoms with E-state index in [1.807, 2.05) is 32.0 Å². The summed E-state index contributed by atoms with van der Waals surface area (Å²) < 4.78 is 5.37. The third kappa shape index (κ3) is 4.18. The normalized spacial score (nSPS) is 10.0. The van der Waals surface area contributed by atoms with Crippen molar-refractivity contribution >= 4 is 17.9 Å². The van der Waals surface area contributed by atoms with Crippen LogP contribution in [0.5, 0.6) is 5.75 Å². The molecule has 0 aliphatic rings. The van der Waals surface area contributed by atoms with Crippen LogP contribution in [0.25, 0.3) is 0 Å². The number of hydrogen-bond acceptors (Lipinski definition) is 3. The van der Waals surface area contributed by atoms with Crippen LogP contribution in [-0.4, -0.2) is 18.8 Å². The van der Waals surface area contributed by atoms with Crippen LogP contribution in [0.15, 0.2) is 42.5 Å². The van der Waals surface area contributed by atoms with Crippen LogP contribution in [0.1, 0.15) is 21.5 Å². The molecule has 0 radical (unpaired) electrons. The van der Waals surface area contributed by atoms with Crippen LogP contribution in [-0.2, 0) is 4.79 Å². The summed E-state index contributed by atoms with van der Waals surface area (Å²) in [5.41, 5.74) is 3.55. The SMILES string of the molecule is Cc1ccc(NC(=O)COc2cccc(C=O)c2)cc1C. The lowest BCUT2D eigenvalue weighted by Crippen LogP contribution is -2.20. The summed E-state index contributed by atoms with van der Waals surface area (Å²) >= 11 is 0. The molecule has 0 atom stereocenters. The summed E-state index contributed by atoms with van der Waals surface area (Å²) in [7, 11) is 0. The third-order valence-electron chi connectivity index (χ3n) is 3.15. The number of carbonyl (C=O) groups is 2. The van der Waals surface area contributed by atoms with Gasteiger partial charge in [-0.05, 0) is 49.2 Å². The molecular weight excluding hydrogens is 266 g/mol. The van der Waals surface area contributed by atoms with E-state index in [-0.39, 0.29) is 12.5 Å². The number of carbonyl (C=O) groups excluding carboxylic acids is 2. The standard InChI is InChI=1S/C17H17NO3/c1-12-6-7-15(8-13(12)2)18-17(20)11-21-16-5-3-4-14(9-16)10-19/h3-10H,11H2,1-2H3,(H,18,20). The molecule has 0 heterocycles. The number of aryl methyl sites for hydroxylation is 2. The van der Waals surface area contributed by atoms with Crippen LogP contribution in [0.3, 0.4) is 0 Å². The van der Waals surface area contributed by atoms with E-state index >= 15 is 0 Å². The Morgan fingerprint density at radius 2 is 1.95 bits per heavy atom. The summed E-state index contributed by atoms with van der Waals surface area (Å²) in [5.74, 6) is 0.254. The lowest BCUT2D eigenvalue weighted by molar-refractivity contribution is -0.118. The number of benzene rings is 2. The van der Waals surface area contributed by atoms with Crippen LogP contribution in [0, 0.1) is 13.8 Å². The van der Waals surface area contributed by atoms with Gasteiger partial charge in [0.1, 0.15) is 12.0 Å². The quantitative estimate of drug-likeness (QED) is 0.858. The van der Waals surface area contributed by atoms with Crippen molar-refractivity contribution in [2.45, 2.75) is 13.8 Å². The Labute approximate surface area is 123 Å². The topological polar surface area (TPSA) is 55.4 Å². The van der Waals surface area contributed by atoms with Gasteiger partial charge in [0, 0.05) is 11.3 Å². The Balaban J connectivity index is 1.92. The number of aldehydes is 1. The Morgan fingerprint density at radius 1 is 1.14 bits per heavy atom. The molecule has 0 unspecified atom stereocenters. The Kier molecular flexibility index (Phi) is 4.72. The fourth-order valence-corrected chi connectivity index (χ4v) is 1.84. The number of anilines is 1. The summed E-state index contributed by atoms with van der Waals surface area (Å²) in [6.45, 7) is 3.91. The van der Waals surface area contributed by atoms with E-state index in [4.69, 9.17) is 4.74 Å². The van der Waals surface area contributed by atoms with Crippen LogP contribution >= 0.6 is 0 Å². The van der Waals surface area contributed by atoms with E-state index in [2.05, 4.69) is 5.32 Å². The fourth-order valence-electron chi connectivity index (χ4n) is 1.84. The molecule has 0 fully saturated rings. The number of rotatable bonds is 5. The molecule has 0 spiro atoms. The predicted molar refractivity (Wildman–Crippen MR) is 81.9 cm³/mol. The largest absolute Gasteiger partial charge is 0.484 e. The van der Waals surface area contributed by atoms with Gasteiger partial charge in [0.15, 0.2) is 6.61 Å². The summed E-state index contributed by atoms with van der Waals surface area (Å²) in [5, 5.41) is 2.78. The lowest BCUT2D eigenvalue weighted by Gasteiger charge is -2.09. The van der Waals surface area contributed by atoms with Crippen LogP contribution < -0.4 is 10.1 Å². The van der Waals surface area contributed by atoms with Gasteiger partial charge in [-0.2, -0.15) is 0 Å². The fraction of sp³-hybridized carbons (Fsp3) is 0.176. The van der Waals surface area contributed by atoms with Gasteiger partial charge < -0.3 is 10.1 Å². The van der Waals surface area contributed by atoms with Crippen molar-refractivity contribution < 1.29 is 14.3 Å². The molecule has 4 nitrogen and oxygen atoms in total. The van der Waals surface area contributed by atoms with Gasteiger partial charge in [-0.25, -0.2) is 0 Å². The minimum Gasteiger partial charge on any atom is -0.484 e. The van der Waals surface area contributed by atoms with Crippen molar-refractivity contribution in [3.8, 4) is 5.75 Å². The highest BCUT2D eigenvalue weighted by Gasteiger charge is 2.05. The van der Waals surface area contributed by atoms with E-state index in [0.29, 0.717) is 11.3 Å². The minimum absolute atomic E-state index is 0.102. The second-order valence-corrected chi connectivity index (χ2v) is 4.83. The first-order valence-electron chi connectivity index (χ1n) is 6.63. The minimum atomic E-state index is -0.241. The highest BCUT2D eigenvalue weighted by molar-refractivity contribution is 5.92. The second kappa shape index (κ2) is 6.70. The van der Waals surface area contributed by atoms with Gasteiger partial charge in [-0.15, -0.1) is 0 Å². The van der Waals surface area contributed by atoms with E-state index in [0.717, 1.165) is 17.5 Å². The molecule has 21 heavy (non-hydrogen) atoms. The number of ether oxygens (including phenoxy) is 1. The van der Waals surface area contributed by atoms with Crippen molar-refractivity contribution in [1.82, 2.24) is 0 Å². The van der Waals surface area contributed by atoms with Crippen LogP contribution in [0.2, 0.25) is 0 Å². The highest BCUT2D eigenvalue weighted by Crippen LogP contribution is 2.15. The maximum Gasteiger partial charge on any atom is 0.262 e. The molecule has 2 rings (SSSR count). The molecule has 4 heteroatoms. The Hall–Kier alpha value is -2.62. The summed E-state index contributed by atoms with van der Waals surface area (Å²) in [6, 6.07) is 12.4. The summed E-state index contributed by atoms with van der Waals surface area (Å²) in [6.07, 6.45) is 0.738. The van der Waals surface area contributed by atoms with Gasteiger partial charge in [-0.3, -0.25) is 9.59 Å². The van der Waals surface area contributed by atoms with Gasteiger partial charge in [0.2, 0.25) is 0 Å². The monoisotopic (exact) mass is 283 g/mol. The molecule has 0 aliphatic carbocycles. The van der Waals surface area contributed by atoms with Gasteiger partial charge in [0.25, 0.3) is 5.91 Å². The highest BCUT2D eigenvalue weighted by atomic mass is 16.5. The maximum absolute atomic E-state index is 11.8. The first kappa shape index (κ1) is 14.8. The van der Waals surface area contributed by atoms with Gasteiger partial charge in [0.05, 0.1) is 0 Å². The molecule has 0 saturated heterocycles. The van der Waals surface area contributed by atoms with Crippen molar-refractivity contribution in [2.24, 2.45) is 0 Å². The lowest BCUT2D eigenvalue weighted by atomic mass is 10.1. The molecule has 1 amide bonds. The van der Waals surface area contributed by atoms with Crippen LogP contribution in [0.4, 0.5) is 5.69 Å². The van der Waals surface area contributed by atoms with Gasteiger partial charge >= 0.3 is 0 Å². The zero-order valence-corrected chi connectivity index (χ0v) is 12.1. The van der Waals surface area contributed by atoms with Crippen molar-refractivity contribution in [3.63, 3.8) is 0 Å². The smallest absolute Gasteiger partial charge is 0.262 e. The van der Waals surface area contributed by atoms with E-state index < -0.39 is 0 Å². The average molecular weight is 283 g/mol. The third-order valence-corrected chi connectivity index (χ3v) is 3.15. The summed E-state index contributed by atoms with van der Waals surface area (Å²) in [4.78, 5) is 22.5. The van der Waals surface area contributed by atoms with Gasteiger partial charge in [-0.1, -0.05) is 18.2 Å². The zero-order valence-electron chi connectivity index (χ0n) is 12.1. The number of hydrogen-bond donors (Lipinski definition) is 1. The average Bonchev–Trinajstić information content (AvgIpc) is 2.49. The second-order valence-electron chi connectivity index (χ2n) is 4.83. The predicted octanol–water partition coefficient (Wildman–Crippen LogP) is 3.13. The molecular formula is C17H17NO3. The molecule has 0 aliphatic heterocycles. The zero-order chi connectivity index (χ0) is 15.2. The Bertz CT molecular complexity index is 665. The van der Waals surface area contributed by atoms with E-state index in [1.54, 1.807) is 24.3 Å². The van der Waals surface area contributed by atoms with Crippen molar-refractivity contribution in [2.75, 3.05) is 11.9 Å². The molecule has 2 aromatic rings. The van der Waals surface area contributed by atoms with E-state index in [1.165, 1.54) is 5.56 Å². The van der Waals surface area contributed by atoms with E-state index in [9.17, 15) is 9.59 Å². The Morgan fingerprint density at radius 3 is 2.67 bits per heavy atom. The van der Waals surface area contributed by atoms with Crippen molar-refractivity contribution in [3.05, 3.63) is 59.2 Å². The molecule has 0 bridgehead atoms. The number of nitrogens with one attached hydrogen (secondary N) is 1. The first-order valence-corrected chi connectivity index (χ1v) is 6.63. The van der Waals surface area contributed by atoms with Crippen molar-refractivity contribution in [1.29, 1.82) is 0 Å². The first-order chi connectivity index (χ1) is 10.1. The molecule has 1 N–H and O–H groups in total. The molecule has 0 saturated carbocycles. The molecule has 108 valence electrons. The maximum atomic E-state index is 11.8. The molecule has 0 aromatic heterocycles. The molecule has 2 aromatic carbocycles. The number of amides is 1.